The SMILES string of the molecule is COc1ccc2c(c1)c1cc(C)ccc1n2/N=C1\c2ccccc2-c2cccc(N)c21. The van der Waals surface area contributed by atoms with Crippen molar-refractivity contribution in [2.45, 2.75) is 6.92 Å². The van der Waals surface area contributed by atoms with E-state index in [2.05, 4.69) is 67.6 Å². The summed E-state index contributed by atoms with van der Waals surface area (Å²) >= 11 is 0. The zero-order valence-corrected chi connectivity index (χ0v) is 17.4. The molecule has 0 saturated carbocycles. The Balaban J connectivity index is 1.72. The van der Waals surface area contributed by atoms with E-state index in [1.807, 2.05) is 22.9 Å². The van der Waals surface area contributed by atoms with Crippen LogP contribution in [-0.4, -0.2) is 17.5 Å². The van der Waals surface area contributed by atoms with Crippen LogP contribution in [0.1, 0.15) is 16.7 Å². The number of ether oxygens (including phenoxy) is 1. The predicted molar refractivity (Wildman–Crippen MR) is 128 cm³/mol. The van der Waals surface area contributed by atoms with Crippen LogP contribution < -0.4 is 10.5 Å². The van der Waals surface area contributed by atoms with Gasteiger partial charge in [0, 0.05) is 27.6 Å². The van der Waals surface area contributed by atoms with Gasteiger partial charge in [0.05, 0.1) is 18.1 Å². The lowest BCUT2D eigenvalue weighted by Gasteiger charge is -2.08. The van der Waals surface area contributed by atoms with Gasteiger partial charge in [-0.25, -0.2) is 4.68 Å². The van der Waals surface area contributed by atoms with Gasteiger partial charge in [-0.05, 0) is 54.4 Å². The quantitative estimate of drug-likeness (QED) is 0.362. The van der Waals surface area contributed by atoms with E-state index in [4.69, 9.17) is 15.6 Å². The Morgan fingerprint density at radius 1 is 0.774 bits per heavy atom. The number of benzene rings is 4. The van der Waals surface area contributed by atoms with Crippen LogP contribution in [0.15, 0.2) is 84.0 Å². The molecular weight excluding hydrogens is 382 g/mol. The van der Waals surface area contributed by atoms with Crippen LogP contribution in [0.3, 0.4) is 0 Å². The summed E-state index contributed by atoms with van der Waals surface area (Å²) in [6.07, 6.45) is 0. The molecule has 1 heterocycles. The molecule has 5 aromatic rings. The standard InChI is InChI=1S/C27H21N3O/c1-16-10-12-24-21(14-16)22-15-17(31-2)11-13-25(22)30(24)29-27-20-7-4-3-6-18(20)19-8-5-9-23(28)26(19)27/h3-15H,28H2,1-2H3/b29-27+. The van der Waals surface area contributed by atoms with Crippen molar-refractivity contribution >= 4 is 33.2 Å². The normalized spacial score (nSPS) is 13.7. The Labute approximate surface area is 180 Å². The molecule has 0 radical (unpaired) electrons. The lowest BCUT2D eigenvalue weighted by Crippen LogP contribution is -2.05. The van der Waals surface area contributed by atoms with Crippen molar-refractivity contribution in [2.24, 2.45) is 5.10 Å². The van der Waals surface area contributed by atoms with Crippen LogP contribution >= 0.6 is 0 Å². The number of aromatic nitrogens is 1. The van der Waals surface area contributed by atoms with Gasteiger partial charge in [0.25, 0.3) is 0 Å². The Hall–Kier alpha value is -4.05. The summed E-state index contributed by atoms with van der Waals surface area (Å²) in [5.41, 5.74) is 15.8. The number of nitrogens with two attached hydrogens (primary N) is 1. The minimum absolute atomic E-state index is 0.741. The number of hydrogen-bond acceptors (Lipinski definition) is 3. The first kappa shape index (κ1) is 17.8. The minimum atomic E-state index is 0.741. The molecule has 1 aromatic heterocycles. The highest BCUT2D eigenvalue weighted by Crippen LogP contribution is 2.40. The second kappa shape index (κ2) is 6.47. The summed E-state index contributed by atoms with van der Waals surface area (Å²) in [4.78, 5) is 0. The van der Waals surface area contributed by atoms with E-state index in [1.54, 1.807) is 7.11 Å². The summed E-state index contributed by atoms with van der Waals surface area (Å²) < 4.78 is 7.53. The third-order valence-electron chi connectivity index (χ3n) is 6.11. The molecule has 150 valence electrons. The average molecular weight is 403 g/mol. The lowest BCUT2D eigenvalue weighted by molar-refractivity contribution is 0.415. The third kappa shape index (κ3) is 2.51. The number of anilines is 1. The molecular formula is C27H21N3O. The predicted octanol–water partition coefficient (Wildman–Crippen LogP) is 5.97. The number of hydrogen-bond donors (Lipinski definition) is 1. The van der Waals surface area contributed by atoms with Crippen LogP contribution in [0.2, 0.25) is 0 Å². The fourth-order valence-corrected chi connectivity index (χ4v) is 4.65. The van der Waals surface area contributed by atoms with Gasteiger partial charge < -0.3 is 10.5 Å². The van der Waals surface area contributed by atoms with Gasteiger partial charge in [0.1, 0.15) is 11.5 Å². The van der Waals surface area contributed by atoms with Crippen LogP contribution in [0.5, 0.6) is 5.75 Å². The zero-order valence-electron chi connectivity index (χ0n) is 17.4. The number of nitrogen functional groups attached to an aromatic ring is 1. The summed E-state index contributed by atoms with van der Waals surface area (Å²) in [5.74, 6) is 0.835. The molecule has 0 fully saturated rings. The van der Waals surface area contributed by atoms with Crippen LogP contribution in [0.25, 0.3) is 32.9 Å². The van der Waals surface area contributed by atoms with Crippen molar-refractivity contribution in [2.75, 3.05) is 12.8 Å². The highest BCUT2D eigenvalue weighted by atomic mass is 16.5. The molecule has 0 atom stereocenters. The fraction of sp³-hybridized carbons (Fsp3) is 0.0741. The molecule has 0 amide bonds. The smallest absolute Gasteiger partial charge is 0.119 e. The van der Waals surface area contributed by atoms with Crippen LogP contribution in [-0.2, 0) is 0 Å². The maximum absolute atomic E-state index is 6.45. The molecule has 0 bridgehead atoms. The number of fused-ring (bicyclic) bond motifs is 6. The van der Waals surface area contributed by atoms with E-state index in [0.29, 0.717) is 0 Å². The first-order valence-corrected chi connectivity index (χ1v) is 10.3. The molecule has 1 aliphatic carbocycles. The van der Waals surface area contributed by atoms with E-state index >= 15 is 0 Å². The number of rotatable bonds is 2. The molecule has 31 heavy (non-hydrogen) atoms. The molecule has 6 rings (SSSR count). The third-order valence-corrected chi connectivity index (χ3v) is 6.11. The van der Waals surface area contributed by atoms with Crippen LogP contribution in [0, 0.1) is 6.92 Å². The Morgan fingerprint density at radius 3 is 2.29 bits per heavy atom. The van der Waals surface area contributed by atoms with Crippen LogP contribution in [0.4, 0.5) is 5.69 Å². The van der Waals surface area contributed by atoms with Gasteiger partial charge in [-0.3, -0.25) is 0 Å². The second-order valence-electron chi connectivity index (χ2n) is 7.98. The van der Waals surface area contributed by atoms with E-state index in [9.17, 15) is 0 Å². The Bertz CT molecular complexity index is 1540. The van der Waals surface area contributed by atoms with E-state index < -0.39 is 0 Å². The summed E-state index contributed by atoms with van der Waals surface area (Å²) in [5, 5.41) is 7.49. The minimum Gasteiger partial charge on any atom is -0.497 e. The first-order chi connectivity index (χ1) is 15.2. The van der Waals surface area contributed by atoms with E-state index in [1.165, 1.54) is 11.1 Å². The highest BCUT2D eigenvalue weighted by Gasteiger charge is 2.27. The number of methoxy groups -OCH3 is 1. The Morgan fingerprint density at radius 2 is 1.48 bits per heavy atom. The van der Waals surface area contributed by atoms with Crippen molar-refractivity contribution in [3.05, 3.63) is 95.6 Å². The second-order valence-corrected chi connectivity index (χ2v) is 7.98. The molecule has 2 N–H and O–H groups in total. The van der Waals surface area contributed by atoms with Gasteiger partial charge in [-0.15, -0.1) is 0 Å². The van der Waals surface area contributed by atoms with Crippen molar-refractivity contribution in [3.8, 4) is 16.9 Å². The number of nitrogens with zero attached hydrogens (tertiary/aromatic N) is 2. The maximum atomic E-state index is 6.45. The van der Waals surface area contributed by atoms with Crippen molar-refractivity contribution < 1.29 is 4.74 Å². The molecule has 4 heteroatoms. The largest absolute Gasteiger partial charge is 0.497 e. The Kier molecular flexibility index (Phi) is 3.71. The van der Waals surface area contributed by atoms with Gasteiger partial charge in [-0.2, -0.15) is 5.10 Å². The van der Waals surface area contributed by atoms with E-state index in [-0.39, 0.29) is 0 Å². The van der Waals surface area contributed by atoms with Gasteiger partial charge >= 0.3 is 0 Å². The molecule has 4 nitrogen and oxygen atoms in total. The monoisotopic (exact) mass is 403 g/mol. The summed E-state index contributed by atoms with van der Waals surface area (Å²) in [6.45, 7) is 2.11. The molecule has 0 aliphatic heterocycles. The fourth-order valence-electron chi connectivity index (χ4n) is 4.65. The van der Waals surface area contributed by atoms with Crippen molar-refractivity contribution in [3.63, 3.8) is 0 Å². The van der Waals surface area contributed by atoms with Crippen molar-refractivity contribution in [1.82, 2.24) is 4.68 Å². The van der Waals surface area contributed by atoms with Crippen molar-refractivity contribution in [1.29, 1.82) is 0 Å². The zero-order chi connectivity index (χ0) is 21.1. The van der Waals surface area contributed by atoms with Gasteiger partial charge in [0.2, 0.25) is 0 Å². The van der Waals surface area contributed by atoms with Gasteiger partial charge in [-0.1, -0.05) is 48.0 Å². The molecule has 0 saturated heterocycles. The average Bonchev–Trinajstić information content (AvgIpc) is 3.27. The first-order valence-electron chi connectivity index (χ1n) is 10.3. The van der Waals surface area contributed by atoms with E-state index in [0.717, 1.165) is 55.6 Å². The highest BCUT2D eigenvalue weighted by molar-refractivity contribution is 6.27. The number of aryl methyl sites for hydroxylation is 1. The molecule has 0 unspecified atom stereocenters. The maximum Gasteiger partial charge on any atom is 0.119 e. The molecule has 0 spiro atoms. The molecule has 4 aromatic carbocycles. The summed E-state index contributed by atoms with van der Waals surface area (Å²) in [7, 11) is 1.70. The lowest BCUT2D eigenvalue weighted by atomic mass is 10.1. The molecule has 1 aliphatic rings. The van der Waals surface area contributed by atoms with Gasteiger partial charge in [0.15, 0.2) is 0 Å². The topological polar surface area (TPSA) is 52.5 Å². The summed E-state index contributed by atoms with van der Waals surface area (Å²) in [6, 6.07) is 27.0.